The number of rotatable bonds is 4. The van der Waals surface area contributed by atoms with Crippen LogP contribution in [0.15, 0.2) is 35.5 Å². The second kappa shape index (κ2) is 9.12. The average molecular weight is 400 g/mol. The molecule has 5 heteroatoms. The molecular formula is C14H19FIKN2. The fourth-order valence-electron chi connectivity index (χ4n) is 1.81. The Morgan fingerprint density at radius 3 is 2.05 bits per heavy atom. The third-order valence-corrected chi connectivity index (χ3v) is 3.55. The molecule has 0 aliphatic carbocycles. The average Bonchev–Trinajstić information content (AvgIpc) is 2.29. The first kappa shape index (κ1) is 20.0. The number of nitrogens with two attached hydrogens (primary N) is 1. The zero-order valence-corrected chi connectivity index (χ0v) is 17.2. The third-order valence-electron chi connectivity index (χ3n) is 2.88. The summed E-state index contributed by atoms with van der Waals surface area (Å²) in [6.07, 6.45) is 0. The molecule has 0 radical (unpaired) electrons. The Morgan fingerprint density at radius 2 is 1.68 bits per heavy atom. The molecular weight excluding hydrogens is 381 g/mol. The Morgan fingerprint density at radius 1 is 1.21 bits per heavy atom. The van der Waals surface area contributed by atoms with E-state index in [9.17, 15) is 4.39 Å². The van der Waals surface area contributed by atoms with Crippen LogP contribution >= 0.6 is 22.6 Å². The van der Waals surface area contributed by atoms with E-state index >= 15 is 0 Å². The van der Waals surface area contributed by atoms with Gasteiger partial charge < -0.3 is 11.5 Å². The van der Waals surface area contributed by atoms with Gasteiger partial charge in [-0.15, -0.1) is 0 Å². The van der Waals surface area contributed by atoms with Crippen LogP contribution in [0.3, 0.4) is 0 Å². The van der Waals surface area contributed by atoms with Crippen LogP contribution in [-0.4, -0.2) is 3.92 Å². The van der Waals surface area contributed by atoms with Crippen molar-refractivity contribution in [3.8, 4) is 0 Å². The van der Waals surface area contributed by atoms with Crippen molar-refractivity contribution >= 4 is 22.6 Å². The van der Waals surface area contributed by atoms with E-state index in [-0.39, 0.29) is 73.1 Å². The van der Waals surface area contributed by atoms with E-state index in [1.165, 1.54) is 12.1 Å². The van der Waals surface area contributed by atoms with Crippen molar-refractivity contribution in [2.24, 2.45) is 11.7 Å². The molecule has 100 valence electrons. The Bertz CT molecular complexity index is 430. The van der Waals surface area contributed by atoms with Gasteiger partial charge in [-0.1, -0.05) is 54.1 Å². The Hall–Kier alpha value is 1.02. The first-order valence-corrected chi connectivity index (χ1v) is 7.19. The standard InChI is InChI=1S/C14H19FIN2.K/c1-8(2)13(17)12(9(3)16)14(18)10-4-6-11(15)7-5-10;/h4-9,14,17H,18H2,1-3H3;/q-1;+1/b13-12-;. The molecule has 0 bridgehead atoms. The van der Waals surface area contributed by atoms with Crippen molar-refractivity contribution in [1.29, 1.82) is 0 Å². The molecule has 0 aromatic heterocycles. The first-order valence-electron chi connectivity index (χ1n) is 5.95. The summed E-state index contributed by atoms with van der Waals surface area (Å²) in [5, 5.41) is 0. The number of benzene rings is 1. The molecule has 0 amide bonds. The van der Waals surface area contributed by atoms with Crippen molar-refractivity contribution in [3.63, 3.8) is 0 Å². The molecule has 3 N–H and O–H groups in total. The zero-order chi connectivity index (χ0) is 13.9. The number of nitrogens with one attached hydrogen (secondary N) is 1. The van der Waals surface area contributed by atoms with E-state index in [0.29, 0.717) is 5.70 Å². The first-order chi connectivity index (χ1) is 8.34. The fraction of sp³-hybridized carbons (Fsp3) is 0.429. The quantitative estimate of drug-likeness (QED) is 0.466. The van der Waals surface area contributed by atoms with E-state index in [4.69, 9.17) is 11.5 Å². The van der Waals surface area contributed by atoms with Crippen LogP contribution < -0.4 is 57.1 Å². The number of hydrogen-bond acceptors (Lipinski definition) is 1. The van der Waals surface area contributed by atoms with Crippen LogP contribution in [0.2, 0.25) is 0 Å². The van der Waals surface area contributed by atoms with Crippen molar-refractivity contribution in [1.82, 2.24) is 0 Å². The summed E-state index contributed by atoms with van der Waals surface area (Å²) in [4.78, 5) is 0. The second-order valence-corrected chi connectivity index (χ2v) is 6.54. The number of allylic oxidation sites excluding steroid dienone is 1. The SMILES string of the molecule is CC(C)/C([NH-])=C(\C(C)I)C(N)c1ccc(F)cc1.[K+]. The normalized spacial score (nSPS) is 15.5. The van der Waals surface area contributed by atoms with E-state index in [1.807, 2.05) is 20.8 Å². The van der Waals surface area contributed by atoms with Gasteiger partial charge in [0, 0.05) is 3.92 Å². The van der Waals surface area contributed by atoms with Crippen LogP contribution in [0.5, 0.6) is 0 Å². The van der Waals surface area contributed by atoms with Crippen LogP contribution in [0.1, 0.15) is 32.4 Å². The van der Waals surface area contributed by atoms with Gasteiger partial charge in [0.05, 0.1) is 6.04 Å². The predicted molar refractivity (Wildman–Crippen MR) is 83.0 cm³/mol. The fourth-order valence-corrected chi connectivity index (χ4v) is 2.54. The van der Waals surface area contributed by atoms with Gasteiger partial charge in [0.2, 0.25) is 0 Å². The van der Waals surface area contributed by atoms with Crippen LogP contribution in [0, 0.1) is 11.7 Å². The topological polar surface area (TPSA) is 49.8 Å². The molecule has 1 rings (SSSR count). The van der Waals surface area contributed by atoms with Gasteiger partial charge in [0.25, 0.3) is 0 Å². The molecule has 19 heavy (non-hydrogen) atoms. The summed E-state index contributed by atoms with van der Waals surface area (Å²) in [6.45, 7) is 5.99. The van der Waals surface area contributed by atoms with Gasteiger partial charge in [-0.05, 0) is 30.5 Å². The van der Waals surface area contributed by atoms with Gasteiger partial charge >= 0.3 is 51.4 Å². The molecule has 0 saturated heterocycles. The maximum Gasteiger partial charge on any atom is 1.00 e. The summed E-state index contributed by atoms with van der Waals surface area (Å²) in [7, 11) is 0. The van der Waals surface area contributed by atoms with Crippen molar-refractivity contribution in [3.05, 3.63) is 52.6 Å². The van der Waals surface area contributed by atoms with Gasteiger partial charge in [-0.2, -0.15) is 5.70 Å². The van der Waals surface area contributed by atoms with E-state index < -0.39 is 0 Å². The summed E-state index contributed by atoms with van der Waals surface area (Å²) in [5.74, 6) is -0.127. The molecule has 0 aliphatic heterocycles. The van der Waals surface area contributed by atoms with E-state index in [1.54, 1.807) is 12.1 Å². The monoisotopic (exact) mass is 400 g/mol. The number of halogens is 2. The van der Waals surface area contributed by atoms with Crippen LogP contribution in [0.4, 0.5) is 4.39 Å². The molecule has 2 atom stereocenters. The summed E-state index contributed by atoms with van der Waals surface area (Å²) < 4.78 is 13.1. The Kier molecular flexibility index (Phi) is 9.61. The maximum atomic E-state index is 12.9. The zero-order valence-electron chi connectivity index (χ0n) is 11.9. The molecule has 0 spiro atoms. The predicted octanol–water partition coefficient (Wildman–Crippen LogP) is 1.62. The van der Waals surface area contributed by atoms with E-state index in [2.05, 4.69) is 22.6 Å². The molecule has 0 heterocycles. The van der Waals surface area contributed by atoms with Crippen LogP contribution in [-0.2, 0) is 0 Å². The maximum absolute atomic E-state index is 12.9. The second-order valence-electron chi connectivity index (χ2n) is 4.67. The molecule has 0 aliphatic rings. The van der Waals surface area contributed by atoms with Crippen molar-refractivity contribution < 1.29 is 55.8 Å². The molecule has 0 saturated carbocycles. The minimum atomic E-state index is -0.340. The minimum absolute atomic E-state index is 0. The van der Waals surface area contributed by atoms with Gasteiger partial charge in [0.15, 0.2) is 0 Å². The van der Waals surface area contributed by atoms with Crippen molar-refractivity contribution in [2.45, 2.75) is 30.7 Å². The van der Waals surface area contributed by atoms with Gasteiger partial charge in [-0.25, -0.2) is 4.39 Å². The molecule has 0 fully saturated rings. The molecule has 1 aromatic rings. The van der Waals surface area contributed by atoms with Crippen LogP contribution in [0.25, 0.3) is 5.73 Å². The Labute approximate surface area is 171 Å². The largest absolute Gasteiger partial charge is 1.00 e. The minimum Gasteiger partial charge on any atom is -0.702 e. The van der Waals surface area contributed by atoms with Crippen molar-refractivity contribution in [2.75, 3.05) is 0 Å². The molecule has 2 unspecified atom stereocenters. The summed E-state index contributed by atoms with van der Waals surface area (Å²) in [5.41, 5.74) is 16.7. The molecule has 2 nitrogen and oxygen atoms in total. The Balaban J connectivity index is 0.00000324. The smallest absolute Gasteiger partial charge is 0.702 e. The number of alkyl halides is 1. The molecule has 1 aromatic carbocycles. The third kappa shape index (κ3) is 5.72. The summed E-state index contributed by atoms with van der Waals surface area (Å²) >= 11 is 2.27. The van der Waals surface area contributed by atoms with E-state index in [0.717, 1.165) is 11.1 Å². The summed E-state index contributed by atoms with van der Waals surface area (Å²) in [6, 6.07) is 5.85. The number of hydrogen-bond donors (Lipinski definition) is 1. The van der Waals surface area contributed by atoms with Gasteiger partial charge in [-0.3, -0.25) is 0 Å². The van der Waals surface area contributed by atoms with Gasteiger partial charge in [0.1, 0.15) is 5.82 Å².